The fraction of sp³-hybridized carbons (Fsp3) is 0.455. The molecule has 2 unspecified atom stereocenters. The van der Waals surface area contributed by atoms with Crippen LogP contribution in [0.2, 0.25) is 0 Å². The molecule has 14 heavy (non-hydrogen) atoms. The molecule has 0 aromatic heterocycles. The Morgan fingerprint density at radius 2 is 2.07 bits per heavy atom. The molecule has 1 saturated carbocycles. The zero-order chi connectivity index (χ0) is 9.97. The molecule has 0 heterocycles. The maximum atomic E-state index is 13.1. The summed E-state index contributed by atoms with van der Waals surface area (Å²) in [5, 5.41) is 3.01. The van der Waals surface area contributed by atoms with Crippen molar-refractivity contribution < 1.29 is 8.78 Å². The van der Waals surface area contributed by atoms with E-state index in [1.807, 2.05) is 0 Å². The van der Waals surface area contributed by atoms with E-state index in [1.54, 1.807) is 18.2 Å². The number of nitrogens with one attached hydrogen (secondary N) is 1. The number of hydrogen-bond acceptors (Lipinski definition) is 1. The van der Waals surface area contributed by atoms with Crippen LogP contribution in [0.1, 0.15) is 18.4 Å². The third kappa shape index (κ3) is 1.93. The minimum Gasteiger partial charge on any atom is -0.307 e. The molecule has 1 nitrogen and oxygen atoms in total. The van der Waals surface area contributed by atoms with E-state index in [2.05, 4.69) is 5.32 Å². The number of benzene rings is 1. The highest BCUT2D eigenvalue weighted by molar-refractivity contribution is 5.17. The molecule has 76 valence electrons. The number of hydrogen-bond donors (Lipinski definition) is 1. The van der Waals surface area contributed by atoms with Crippen LogP contribution in [0.4, 0.5) is 8.78 Å². The second-order valence-electron chi connectivity index (χ2n) is 3.67. The van der Waals surface area contributed by atoms with Crippen LogP contribution in [-0.2, 0) is 6.54 Å². The first-order valence-electron chi connectivity index (χ1n) is 4.88. The molecule has 1 N–H and O–H groups in total. The Morgan fingerprint density at radius 1 is 1.29 bits per heavy atom. The third-order valence-electron chi connectivity index (χ3n) is 2.70. The van der Waals surface area contributed by atoms with Crippen molar-refractivity contribution in [3.8, 4) is 0 Å². The standard InChI is InChI=1S/C11H13F2N/c12-9-4-2-1-3-8(9)7-14-11-6-5-10(11)13/h1-4,10-11,14H,5-7H2. The van der Waals surface area contributed by atoms with E-state index in [4.69, 9.17) is 0 Å². The second-order valence-corrected chi connectivity index (χ2v) is 3.67. The van der Waals surface area contributed by atoms with Gasteiger partial charge in [0.15, 0.2) is 0 Å². The van der Waals surface area contributed by atoms with Crippen LogP contribution in [0.25, 0.3) is 0 Å². The highest BCUT2D eigenvalue weighted by Gasteiger charge is 2.29. The minimum absolute atomic E-state index is 0.0744. The van der Waals surface area contributed by atoms with Gasteiger partial charge in [0.25, 0.3) is 0 Å². The van der Waals surface area contributed by atoms with E-state index >= 15 is 0 Å². The molecular formula is C11H13F2N. The van der Waals surface area contributed by atoms with E-state index in [1.165, 1.54) is 6.07 Å². The van der Waals surface area contributed by atoms with Gasteiger partial charge in [-0.1, -0.05) is 18.2 Å². The largest absolute Gasteiger partial charge is 0.307 e. The van der Waals surface area contributed by atoms with E-state index < -0.39 is 6.17 Å². The van der Waals surface area contributed by atoms with Crippen LogP contribution in [0.5, 0.6) is 0 Å². The number of halogens is 2. The average molecular weight is 197 g/mol. The van der Waals surface area contributed by atoms with Gasteiger partial charge in [-0.25, -0.2) is 8.78 Å². The molecule has 3 heteroatoms. The quantitative estimate of drug-likeness (QED) is 0.784. The lowest BCUT2D eigenvalue weighted by Crippen LogP contribution is -2.45. The number of rotatable bonds is 3. The van der Waals surface area contributed by atoms with E-state index in [9.17, 15) is 8.78 Å². The third-order valence-corrected chi connectivity index (χ3v) is 2.70. The maximum Gasteiger partial charge on any atom is 0.127 e. The first kappa shape index (κ1) is 9.59. The molecule has 1 aromatic carbocycles. The molecule has 1 aliphatic carbocycles. The van der Waals surface area contributed by atoms with Crippen molar-refractivity contribution in [1.82, 2.24) is 5.32 Å². The van der Waals surface area contributed by atoms with Gasteiger partial charge in [-0.2, -0.15) is 0 Å². The Kier molecular flexibility index (Phi) is 2.77. The van der Waals surface area contributed by atoms with Crippen LogP contribution in [-0.4, -0.2) is 12.2 Å². The monoisotopic (exact) mass is 197 g/mol. The summed E-state index contributed by atoms with van der Waals surface area (Å²) in [6.45, 7) is 0.414. The highest BCUT2D eigenvalue weighted by Crippen LogP contribution is 2.23. The molecule has 0 spiro atoms. The van der Waals surface area contributed by atoms with Gasteiger partial charge in [-0.15, -0.1) is 0 Å². The molecule has 0 saturated heterocycles. The van der Waals surface area contributed by atoms with Gasteiger partial charge in [-0.3, -0.25) is 0 Å². The normalized spacial score (nSPS) is 25.9. The number of alkyl halides is 1. The van der Waals surface area contributed by atoms with Crippen LogP contribution in [0.15, 0.2) is 24.3 Å². The van der Waals surface area contributed by atoms with Gasteiger partial charge in [0.05, 0.1) is 0 Å². The van der Waals surface area contributed by atoms with Crippen LogP contribution in [0.3, 0.4) is 0 Å². The predicted molar refractivity (Wildman–Crippen MR) is 51.2 cm³/mol. The summed E-state index contributed by atoms with van der Waals surface area (Å²) in [4.78, 5) is 0. The van der Waals surface area contributed by atoms with E-state index in [-0.39, 0.29) is 11.9 Å². The zero-order valence-electron chi connectivity index (χ0n) is 7.84. The summed E-state index contributed by atoms with van der Waals surface area (Å²) in [6, 6.07) is 6.50. The molecule has 2 atom stereocenters. The van der Waals surface area contributed by atoms with Crippen molar-refractivity contribution in [3.05, 3.63) is 35.6 Å². The Labute approximate surface area is 82.1 Å². The van der Waals surface area contributed by atoms with Crippen molar-refractivity contribution >= 4 is 0 Å². The van der Waals surface area contributed by atoms with Crippen molar-refractivity contribution in [3.63, 3.8) is 0 Å². The van der Waals surface area contributed by atoms with Gasteiger partial charge in [0.1, 0.15) is 12.0 Å². The Morgan fingerprint density at radius 3 is 2.64 bits per heavy atom. The van der Waals surface area contributed by atoms with Gasteiger partial charge in [0.2, 0.25) is 0 Å². The Balaban J connectivity index is 1.88. The van der Waals surface area contributed by atoms with Crippen LogP contribution in [0, 0.1) is 5.82 Å². The second kappa shape index (κ2) is 4.05. The van der Waals surface area contributed by atoms with Gasteiger partial charge in [-0.05, 0) is 18.9 Å². The van der Waals surface area contributed by atoms with E-state index in [0.29, 0.717) is 18.5 Å². The molecular weight excluding hydrogens is 184 g/mol. The molecule has 0 aliphatic heterocycles. The minimum atomic E-state index is -0.748. The fourth-order valence-electron chi connectivity index (χ4n) is 1.57. The summed E-state index contributed by atoms with van der Waals surface area (Å²) in [6.07, 6.45) is 0.742. The van der Waals surface area contributed by atoms with Crippen molar-refractivity contribution in [1.29, 1.82) is 0 Å². The SMILES string of the molecule is Fc1ccccc1CNC1CCC1F. The predicted octanol–water partition coefficient (Wildman–Crippen LogP) is 2.42. The topological polar surface area (TPSA) is 12.0 Å². The van der Waals surface area contributed by atoms with Gasteiger partial charge >= 0.3 is 0 Å². The Hall–Kier alpha value is -0.960. The smallest absolute Gasteiger partial charge is 0.127 e. The summed E-state index contributed by atoms with van der Waals surface area (Å²) in [5.74, 6) is -0.227. The van der Waals surface area contributed by atoms with E-state index in [0.717, 1.165) is 6.42 Å². The first-order valence-corrected chi connectivity index (χ1v) is 4.88. The molecule has 1 fully saturated rings. The lowest BCUT2D eigenvalue weighted by Gasteiger charge is -2.31. The molecule has 1 aliphatic rings. The fourth-order valence-corrected chi connectivity index (χ4v) is 1.57. The van der Waals surface area contributed by atoms with Crippen LogP contribution >= 0.6 is 0 Å². The van der Waals surface area contributed by atoms with Gasteiger partial charge < -0.3 is 5.32 Å². The zero-order valence-corrected chi connectivity index (χ0v) is 7.84. The van der Waals surface area contributed by atoms with Crippen LogP contribution < -0.4 is 5.32 Å². The molecule has 0 radical (unpaired) electrons. The summed E-state index contributed by atoms with van der Waals surface area (Å²) >= 11 is 0. The first-order chi connectivity index (χ1) is 6.77. The lowest BCUT2D eigenvalue weighted by atomic mass is 9.90. The molecule has 1 aromatic rings. The Bertz CT molecular complexity index is 314. The van der Waals surface area contributed by atoms with Crippen molar-refractivity contribution in [2.24, 2.45) is 0 Å². The average Bonchev–Trinajstić information content (AvgIpc) is 2.19. The lowest BCUT2D eigenvalue weighted by molar-refractivity contribution is 0.141. The highest BCUT2D eigenvalue weighted by atomic mass is 19.1. The van der Waals surface area contributed by atoms with Crippen molar-refractivity contribution in [2.75, 3.05) is 0 Å². The van der Waals surface area contributed by atoms with Gasteiger partial charge in [0, 0.05) is 18.2 Å². The molecule has 2 rings (SSSR count). The summed E-state index contributed by atoms with van der Waals surface area (Å²) in [7, 11) is 0. The molecule has 0 bridgehead atoms. The maximum absolute atomic E-state index is 13.1. The molecule has 0 amide bonds. The summed E-state index contributed by atoms with van der Waals surface area (Å²) < 4.78 is 26.0. The summed E-state index contributed by atoms with van der Waals surface area (Å²) in [5.41, 5.74) is 0.603. The van der Waals surface area contributed by atoms with Crippen molar-refractivity contribution in [2.45, 2.75) is 31.6 Å².